The smallest absolute Gasteiger partial charge is 0.138 e. The highest BCUT2D eigenvalue weighted by Gasteiger charge is 2.16. The Balaban J connectivity index is 1.20. The molecule has 7 rings (SSSR count). The van der Waals surface area contributed by atoms with Gasteiger partial charge in [-0.15, -0.1) is 0 Å². The summed E-state index contributed by atoms with van der Waals surface area (Å²) >= 11 is 0. The quantitative estimate of drug-likeness (QED) is 0.275. The van der Waals surface area contributed by atoms with Crippen molar-refractivity contribution in [2.24, 2.45) is 0 Å². The van der Waals surface area contributed by atoms with E-state index in [-0.39, 0.29) is 5.82 Å². The van der Waals surface area contributed by atoms with Crippen LogP contribution in [-0.4, -0.2) is 61.3 Å². The number of halogens is 1. The van der Waals surface area contributed by atoms with Crippen LogP contribution in [0.25, 0.3) is 55.7 Å². The first-order chi connectivity index (χ1) is 19.2. The number of hydrogen-bond acceptors (Lipinski definition) is 6. The first kappa shape index (κ1) is 23.5. The molecule has 0 bridgehead atoms. The number of ether oxygens (including phenoxy) is 1. The van der Waals surface area contributed by atoms with Gasteiger partial charge in [0, 0.05) is 35.5 Å². The maximum atomic E-state index is 13.5. The monoisotopic (exact) mass is 519 g/mol. The number of rotatable bonds is 7. The molecule has 6 heterocycles. The average molecular weight is 520 g/mol. The van der Waals surface area contributed by atoms with Gasteiger partial charge in [-0.2, -0.15) is 5.10 Å². The van der Waals surface area contributed by atoms with Crippen LogP contribution in [0.3, 0.4) is 0 Å². The van der Waals surface area contributed by atoms with Crippen molar-refractivity contribution in [3.8, 4) is 39.5 Å². The van der Waals surface area contributed by atoms with E-state index in [4.69, 9.17) is 9.72 Å². The largest absolute Gasteiger partial charge is 0.491 e. The molecule has 1 aliphatic heterocycles. The molecular weight excluding hydrogens is 493 g/mol. The zero-order chi connectivity index (χ0) is 26.2. The van der Waals surface area contributed by atoms with Crippen LogP contribution in [0.5, 0.6) is 5.75 Å². The lowest BCUT2D eigenvalue weighted by Crippen LogP contribution is -2.25. The lowest BCUT2D eigenvalue weighted by atomic mass is 10.0. The number of hydrogen-bond donors (Lipinski definition) is 2. The highest BCUT2D eigenvalue weighted by molar-refractivity contribution is 6.00. The van der Waals surface area contributed by atoms with Crippen LogP contribution in [-0.2, 0) is 0 Å². The van der Waals surface area contributed by atoms with Crippen LogP contribution >= 0.6 is 0 Å². The minimum Gasteiger partial charge on any atom is -0.491 e. The second-order valence-electron chi connectivity index (χ2n) is 9.81. The number of fused-ring (bicyclic) bond motifs is 2. The van der Waals surface area contributed by atoms with E-state index in [0.717, 1.165) is 75.4 Å². The predicted octanol–water partition coefficient (Wildman–Crippen LogP) is 5.84. The topological polar surface area (TPSA) is 95.6 Å². The summed E-state index contributed by atoms with van der Waals surface area (Å²) in [5.41, 5.74) is 7.43. The summed E-state index contributed by atoms with van der Waals surface area (Å²) in [6.07, 6.45) is 9.65. The molecule has 0 radical (unpaired) electrons. The van der Waals surface area contributed by atoms with Gasteiger partial charge in [-0.25, -0.2) is 9.37 Å². The third-order valence-electron chi connectivity index (χ3n) is 7.25. The van der Waals surface area contributed by atoms with Crippen molar-refractivity contribution in [2.45, 2.75) is 12.8 Å². The highest BCUT2D eigenvalue weighted by Crippen LogP contribution is 2.34. The van der Waals surface area contributed by atoms with Crippen molar-refractivity contribution >= 4 is 21.9 Å². The van der Waals surface area contributed by atoms with Crippen molar-refractivity contribution in [1.82, 2.24) is 35.0 Å². The zero-order valence-electron chi connectivity index (χ0n) is 21.2. The standard InChI is InChI=1S/C30H26FN7O/c31-21-5-3-19(4-6-21)24-17-33-18-28-23(24)14-27(34-28)30-29-26(36-37-30)8-7-25(35-29)20-13-22(16-32-15-20)39-12-11-38-9-1-2-10-38/h3-8,13-18,34H,1-2,9-12H2,(H,36,37). The first-order valence-corrected chi connectivity index (χ1v) is 13.1. The second kappa shape index (κ2) is 9.92. The Labute approximate surface area is 223 Å². The number of benzene rings is 1. The number of likely N-dealkylation sites (tertiary alicyclic amines) is 1. The van der Waals surface area contributed by atoms with Gasteiger partial charge in [0.1, 0.15) is 29.4 Å². The Morgan fingerprint density at radius 1 is 0.872 bits per heavy atom. The number of aromatic nitrogens is 6. The molecule has 0 atom stereocenters. The Morgan fingerprint density at radius 2 is 1.72 bits per heavy atom. The van der Waals surface area contributed by atoms with Gasteiger partial charge in [-0.1, -0.05) is 12.1 Å². The summed E-state index contributed by atoms with van der Waals surface area (Å²) in [6, 6.07) is 14.4. The number of nitrogens with one attached hydrogen (secondary N) is 2. The van der Waals surface area contributed by atoms with Crippen LogP contribution in [0.15, 0.2) is 73.3 Å². The van der Waals surface area contributed by atoms with Gasteiger partial charge >= 0.3 is 0 Å². The minimum absolute atomic E-state index is 0.270. The number of H-pyrrole nitrogens is 2. The Kier molecular flexibility index (Phi) is 5.97. The molecule has 9 heteroatoms. The molecule has 1 aliphatic rings. The molecule has 1 saturated heterocycles. The first-order valence-electron chi connectivity index (χ1n) is 13.1. The SMILES string of the molecule is Fc1ccc(-c2cncc3[nH]c(-c4n[nH]c5ccc(-c6cncc(OCCN7CCCC7)c6)nc45)cc23)cc1. The van der Waals surface area contributed by atoms with Crippen LogP contribution in [0.1, 0.15) is 12.8 Å². The van der Waals surface area contributed by atoms with Crippen molar-refractivity contribution < 1.29 is 9.13 Å². The molecular formula is C30H26FN7O. The second-order valence-corrected chi connectivity index (χ2v) is 9.81. The predicted molar refractivity (Wildman–Crippen MR) is 149 cm³/mol. The molecule has 194 valence electrons. The Bertz CT molecular complexity index is 1770. The van der Waals surface area contributed by atoms with Crippen LogP contribution in [0.4, 0.5) is 4.39 Å². The van der Waals surface area contributed by atoms with Gasteiger partial charge < -0.3 is 9.72 Å². The number of aromatic amines is 2. The van der Waals surface area contributed by atoms with E-state index in [1.807, 2.05) is 24.3 Å². The average Bonchev–Trinajstić information content (AvgIpc) is 3.73. The Hall–Kier alpha value is -4.63. The van der Waals surface area contributed by atoms with E-state index in [9.17, 15) is 4.39 Å². The third-order valence-corrected chi connectivity index (χ3v) is 7.25. The van der Waals surface area contributed by atoms with Gasteiger partial charge in [-0.05, 0) is 67.9 Å². The van der Waals surface area contributed by atoms with Crippen molar-refractivity contribution in [3.63, 3.8) is 0 Å². The Morgan fingerprint density at radius 3 is 2.59 bits per heavy atom. The van der Waals surface area contributed by atoms with E-state index in [0.29, 0.717) is 12.3 Å². The number of nitrogens with zero attached hydrogens (tertiary/aromatic N) is 5. The summed E-state index contributed by atoms with van der Waals surface area (Å²) in [4.78, 5) is 19.6. The van der Waals surface area contributed by atoms with E-state index in [2.05, 4.69) is 30.0 Å². The van der Waals surface area contributed by atoms with Crippen molar-refractivity contribution in [2.75, 3.05) is 26.2 Å². The summed E-state index contributed by atoms with van der Waals surface area (Å²) in [5, 5.41) is 8.64. The van der Waals surface area contributed by atoms with Gasteiger partial charge in [0.2, 0.25) is 0 Å². The van der Waals surface area contributed by atoms with Crippen LogP contribution < -0.4 is 4.74 Å². The van der Waals surface area contributed by atoms with Crippen LogP contribution in [0.2, 0.25) is 0 Å². The van der Waals surface area contributed by atoms with Gasteiger partial charge in [0.05, 0.1) is 34.8 Å². The third kappa shape index (κ3) is 4.61. The molecule has 8 nitrogen and oxygen atoms in total. The van der Waals surface area contributed by atoms with Crippen molar-refractivity contribution in [1.29, 1.82) is 0 Å². The normalized spacial score (nSPS) is 14.0. The summed E-state index contributed by atoms with van der Waals surface area (Å²) in [7, 11) is 0. The van der Waals surface area contributed by atoms with E-state index in [1.165, 1.54) is 25.0 Å². The maximum Gasteiger partial charge on any atom is 0.138 e. The minimum atomic E-state index is -0.270. The lowest BCUT2D eigenvalue weighted by molar-refractivity contribution is 0.237. The zero-order valence-corrected chi connectivity index (χ0v) is 21.2. The fraction of sp³-hybridized carbons (Fsp3) is 0.200. The summed E-state index contributed by atoms with van der Waals surface area (Å²) in [5.74, 6) is 0.463. The molecule has 0 spiro atoms. The fourth-order valence-corrected chi connectivity index (χ4v) is 5.22. The summed E-state index contributed by atoms with van der Waals surface area (Å²) < 4.78 is 19.5. The molecule has 0 saturated carbocycles. The molecule has 6 aromatic rings. The molecule has 0 aliphatic carbocycles. The van der Waals surface area contributed by atoms with Gasteiger partial charge in [-0.3, -0.25) is 20.0 Å². The van der Waals surface area contributed by atoms with Crippen LogP contribution in [0, 0.1) is 5.82 Å². The molecule has 5 aromatic heterocycles. The molecule has 2 N–H and O–H groups in total. The summed E-state index contributed by atoms with van der Waals surface area (Å²) in [6.45, 7) is 3.87. The number of pyridine rings is 3. The molecule has 1 aromatic carbocycles. The van der Waals surface area contributed by atoms with E-state index in [1.54, 1.807) is 36.9 Å². The fourth-order valence-electron chi connectivity index (χ4n) is 5.22. The van der Waals surface area contributed by atoms with Gasteiger partial charge in [0.15, 0.2) is 0 Å². The van der Waals surface area contributed by atoms with E-state index < -0.39 is 0 Å². The highest BCUT2D eigenvalue weighted by atomic mass is 19.1. The lowest BCUT2D eigenvalue weighted by Gasteiger charge is -2.15. The maximum absolute atomic E-state index is 13.5. The molecule has 0 unspecified atom stereocenters. The van der Waals surface area contributed by atoms with Crippen molar-refractivity contribution in [3.05, 3.63) is 79.1 Å². The van der Waals surface area contributed by atoms with Gasteiger partial charge in [0.25, 0.3) is 0 Å². The molecule has 39 heavy (non-hydrogen) atoms. The molecule has 1 fully saturated rings. The van der Waals surface area contributed by atoms with E-state index >= 15 is 0 Å². The molecule has 0 amide bonds.